The molecule has 2 amide bonds. The van der Waals surface area contributed by atoms with Gasteiger partial charge >= 0.3 is 6.03 Å². The second kappa shape index (κ2) is 5.44. The number of nitriles is 1. The van der Waals surface area contributed by atoms with Crippen LogP contribution in [0.15, 0.2) is 48.5 Å². The maximum absolute atomic E-state index is 12.9. The van der Waals surface area contributed by atoms with Gasteiger partial charge in [-0.1, -0.05) is 17.7 Å². The lowest BCUT2D eigenvalue weighted by molar-refractivity contribution is 0.254. The zero-order chi connectivity index (χ0) is 16.6. The van der Waals surface area contributed by atoms with E-state index in [0.29, 0.717) is 12.1 Å². The van der Waals surface area contributed by atoms with Crippen molar-refractivity contribution in [2.45, 2.75) is 26.3 Å². The number of hydrogen-bond acceptors (Lipinski definition) is 2. The smallest absolute Gasteiger partial charge is 0.292 e. The van der Waals surface area contributed by atoms with Crippen LogP contribution in [-0.2, 0) is 0 Å². The van der Waals surface area contributed by atoms with E-state index in [1.165, 1.54) is 5.56 Å². The predicted octanol–water partition coefficient (Wildman–Crippen LogP) is 4.09. The van der Waals surface area contributed by atoms with Crippen molar-refractivity contribution < 1.29 is 4.79 Å². The first-order valence-electron chi connectivity index (χ1n) is 7.61. The minimum absolute atomic E-state index is 0.0384. The van der Waals surface area contributed by atoms with Crippen molar-refractivity contribution in [1.82, 2.24) is 0 Å². The van der Waals surface area contributed by atoms with Crippen LogP contribution in [0.25, 0.3) is 0 Å². The Balaban J connectivity index is 1.95. The highest BCUT2D eigenvalue weighted by atomic mass is 16.2. The van der Waals surface area contributed by atoms with Crippen LogP contribution in [0.2, 0.25) is 0 Å². The summed E-state index contributed by atoms with van der Waals surface area (Å²) in [4.78, 5) is 16.6. The molecule has 23 heavy (non-hydrogen) atoms. The van der Waals surface area contributed by atoms with Gasteiger partial charge in [-0.05, 0) is 57.2 Å². The van der Waals surface area contributed by atoms with E-state index in [1.807, 2.05) is 48.2 Å². The number of benzene rings is 2. The van der Waals surface area contributed by atoms with Crippen molar-refractivity contribution >= 4 is 17.4 Å². The number of urea groups is 1. The van der Waals surface area contributed by atoms with E-state index < -0.39 is 0 Å². The number of rotatable bonds is 2. The SMILES string of the molecule is Cc1ccc(N2C(=O)N(c3ccc(C#N)cc3)CC2(C)C)cc1. The van der Waals surface area contributed by atoms with Crippen molar-refractivity contribution in [3.63, 3.8) is 0 Å². The van der Waals surface area contributed by atoms with Gasteiger partial charge in [0.05, 0.1) is 23.7 Å². The fourth-order valence-corrected chi connectivity index (χ4v) is 2.98. The van der Waals surface area contributed by atoms with Crippen LogP contribution in [0.3, 0.4) is 0 Å². The van der Waals surface area contributed by atoms with Gasteiger partial charge in [0, 0.05) is 11.4 Å². The molecule has 1 saturated heterocycles. The molecule has 1 aliphatic heterocycles. The zero-order valence-electron chi connectivity index (χ0n) is 13.6. The molecule has 1 heterocycles. The Morgan fingerprint density at radius 1 is 1.00 bits per heavy atom. The van der Waals surface area contributed by atoms with Gasteiger partial charge in [-0.3, -0.25) is 9.80 Å². The van der Waals surface area contributed by atoms with Gasteiger partial charge in [-0.2, -0.15) is 5.26 Å². The summed E-state index contributed by atoms with van der Waals surface area (Å²) < 4.78 is 0. The molecule has 0 bridgehead atoms. The van der Waals surface area contributed by atoms with E-state index in [-0.39, 0.29) is 11.6 Å². The molecule has 2 aromatic carbocycles. The normalized spacial score (nSPS) is 16.5. The Bertz CT molecular complexity index is 770. The molecule has 0 aliphatic carbocycles. The van der Waals surface area contributed by atoms with Gasteiger partial charge < -0.3 is 0 Å². The lowest BCUT2D eigenvalue weighted by atomic mass is 10.0. The molecular formula is C19H19N3O. The van der Waals surface area contributed by atoms with Gasteiger partial charge in [0.25, 0.3) is 0 Å². The summed E-state index contributed by atoms with van der Waals surface area (Å²) in [5, 5.41) is 8.90. The Kier molecular flexibility index (Phi) is 3.57. The summed E-state index contributed by atoms with van der Waals surface area (Å²) in [5.74, 6) is 0. The Morgan fingerprint density at radius 2 is 1.57 bits per heavy atom. The molecule has 0 aromatic heterocycles. The van der Waals surface area contributed by atoms with Crippen molar-refractivity contribution in [2.75, 3.05) is 16.3 Å². The number of carbonyl (C=O) groups excluding carboxylic acids is 1. The van der Waals surface area contributed by atoms with E-state index in [2.05, 4.69) is 19.9 Å². The maximum atomic E-state index is 12.9. The molecule has 116 valence electrons. The van der Waals surface area contributed by atoms with Crippen LogP contribution >= 0.6 is 0 Å². The van der Waals surface area contributed by atoms with Crippen LogP contribution < -0.4 is 9.80 Å². The maximum Gasteiger partial charge on any atom is 0.329 e. The molecule has 0 saturated carbocycles. The Morgan fingerprint density at radius 3 is 2.13 bits per heavy atom. The van der Waals surface area contributed by atoms with Gasteiger partial charge in [-0.15, -0.1) is 0 Å². The van der Waals surface area contributed by atoms with Crippen molar-refractivity contribution in [2.24, 2.45) is 0 Å². The zero-order valence-corrected chi connectivity index (χ0v) is 13.6. The summed E-state index contributed by atoms with van der Waals surface area (Å²) in [7, 11) is 0. The average molecular weight is 305 g/mol. The fraction of sp³-hybridized carbons (Fsp3) is 0.263. The number of hydrogen-bond donors (Lipinski definition) is 0. The first-order chi connectivity index (χ1) is 10.9. The van der Waals surface area contributed by atoms with Crippen LogP contribution in [0.1, 0.15) is 25.0 Å². The van der Waals surface area contributed by atoms with Crippen molar-refractivity contribution in [1.29, 1.82) is 5.26 Å². The highest BCUT2D eigenvalue weighted by molar-refractivity contribution is 6.07. The summed E-state index contributed by atoms with van der Waals surface area (Å²) in [6.45, 7) is 6.76. The molecule has 3 rings (SSSR count). The highest BCUT2D eigenvalue weighted by Crippen LogP contribution is 2.34. The first kappa shape index (κ1) is 15.1. The molecular weight excluding hydrogens is 286 g/mol. The fourth-order valence-electron chi connectivity index (χ4n) is 2.98. The number of anilines is 2. The minimum atomic E-state index is -0.305. The molecule has 1 fully saturated rings. The number of aryl methyl sites for hydroxylation is 1. The second-order valence-corrected chi connectivity index (χ2v) is 6.51. The second-order valence-electron chi connectivity index (χ2n) is 6.51. The molecule has 0 unspecified atom stereocenters. The molecule has 0 radical (unpaired) electrons. The van der Waals surface area contributed by atoms with E-state index >= 15 is 0 Å². The third-order valence-electron chi connectivity index (χ3n) is 4.17. The van der Waals surface area contributed by atoms with E-state index in [4.69, 9.17) is 5.26 Å². The lowest BCUT2D eigenvalue weighted by Gasteiger charge is -2.29. The third kappa shape index (κ3) is 2.66. The first-order valence-corrected chi connectivity index (χ1v) is 7.61. The van der Waals surface area contributed by atoms with Crippen molar-refractivity contribution in [3.8, 4) is 6.07 Å². The summed E-state index contributed by atoms with van der Waals surface area (Å²) in [6, 6.07) is 17.2. The molecule has 4 nitrogen and oxygen atoms in total. The molecule has 0 atom stereocenters. The quantitative estimate of drug-likeness (QED) is 0.839. The van der Waals surface area contributed by atoms with Crippen LogP contribution in [0.4, 0.5) is 16.2 Å². The Hall–Kier alpha value is -2.80. The monoisotopic (exact) mass is 305 g/mol. The number of carbonyl (C=O) groups is 1. The topological polar surface area (TPSA) is 47.3 Å². The van der Waals surface area contributed by atoms with Crippen LogP contribution in [0.5, 0.6) is 0 Å². The summed E-state index contributed by atoms with van der Waals surface area (Å²) in [6.07, 6.45) is 0. The predicted molar refractivity (Wildman–Crippen MR) is 91.6 cm³/mol. The van der Waals surface area contributed by atoms with Crippen LogP contribution in [0, 0.1) is 18.3 Å². The van der Waals surface area contributed by atoms with Gasteiger partial charge in [-0.25, -0.2) is 4.79 Å². The standard InChI is InChI=1S/C19H19N3O/c1-14-4-8-17(9-5-14)22-18(23)21(13-19(22,2)3)16-10-6-15(12-20)7-11-16/h4-11H,13H2,1-3H3. The molecule has 0 N–H and O–H groups in total. The average Bonchev–Trinajstić information content (AvgIpc) is 2.78. The molecule has 4 heteroatoms. The lowest BCUT2D eigenvalue weighted by Crippen LogP contribution is -2.42. The Labute approximate surface area is 136 Å². The highest BCUT2D eigenvalue weighted by Gasteiger charge is 2.44. The van der Waals surface area contributed by atoms with E-state index in [9.17, 15) is 4.79 Å². The third-order valence-corrected chi connectivity index (χ3v) is 4.17. The van der Waals surface area contributed by atoms with E-state index in [1.54, 1.807) is 17.0 Å². The largest absolute Gasteiger partial charge is 0.329 e. The van der Waals surface area contributed by atoms with Gasteiger partial charge in [0.15, 0.2) is 0 Å². The van der Waals surface area contributed by atoms with Gasteiger partial charge in [0.2, 0.25) is 0 Å². The molecule has 2 aromatic rings. The van der Waals surface area contributed by atoms with Crippen LogP contribution in [-0.4, -0.2) is 18.1 Å². The number of nitrogens with zero attached hydrogens (tertiary/aromatic N) is 3. The van der Waals surface area contributed by atoms with Crippen molar-refractivity contribution in [3.05, 3.63) is 59.7 Å². The molecule has 1 aliphatic rings. The van der Waals surface area contributed by atoms with E-state index in [0.717, 1.165) is 11.4 Å². The summed E-state index contributed by atoms with van der Waals surface area (Å²) >= 11 is 0. The van der Waals surface area contributed by atoms with Gasteiger partial charge in [0.1, 0.15) is 0 Å². The number of amides is 2. The molecule has 0 spiro atoms. The summed E-state index contributed by atoms with van der Waals surface area (Å²) in [5.41, 5.74) is 3.18. The minimum Gasteiger partial charge on any atom is -0.292 e.